The lowest BCUT2D eigenvalue weighted by Gasteiger charge is -2.26. The summed E-state index contributed by atoms with van der Waals surface area (Å²) in [5.74, 6) is 0.219. The standard InChI is InChI=1S/C18H22ClN5O2/c19-15-3-1-14(2-4-15)13-22-17(25)16-5-6-20-18(23-16)21-7-8-24-9-11-26-12-10-24/h1-6H,7-13H2,(H,22,25)(H,20,21,23). The number of morpholine rings is 1. The first kappa shape index (κ1) is 18.6. The second-order valence-electron chi connectivity index (χ2n) is 5.96. The molecule has 8 heteroatoms. The summed E-state index contributed by atoms with van der Waals surface area (Å²) in [6.07, 6.45) is 1.58. The van der Waals surface area contributed by atoms with Gasteiger partial charge in [0.05, 0.1) is 13.2 Å². The molecule has 0 saturated carbocycles. The van der Waals surface area contributed by atoms with Crippen LogP contribution in [0.15, 0.2) is 36.5 Å². The third-order valence-corrected chi connectivity index (χ3v) is 4.32. The number of aromatic nitrogens is 2. The van der Waals surface area contributed by atoms with Crippen LogP contribution in [0.4, 0.5) is 5.95 Å². The van der Waals surface area contributed by atoms with Crippen molar-refractivity contribution in [2.24, 2.45) is 0 Å². The van der Waals surface area contributed by atoms with E-state index in [1.807, 2.05) is 12.1 Å². The molecule has 0 bridgehead atoms. The van der Waals surface area contributed by atoms with E-state index in [0.29, 0.717) is 23.2 Å². The Morgan fingerprint density at radius 3 is 2.73 bits per heavy atom. The molecule has 0 aliphatic carbocycles. The van der Waals surface area contributed by atoms with Crippen LogP contribution in [-0.4, -0.2) is 60.2 Å². The molecule has 0 spiro atoms. The number of nitrogens with zero attached hydrogens (tertiary/aromatic N) is 3. The molecule has 1 aromatic heterocycles. The van der Waals surface area contributed by atoms with E-state index in [1.165, 1.54) is 0 Å². The summed E-state index contributed by atoms with van der Waals surface area (Å²) in [5.41, 5.74) is 1.31. The van der Waals surface area contributed by atoms with E-state index in [-0.39, 0.29) is 5.91 Å². The zero-order valence-corrected chi connectivity index (χ0v) is 15.2. The van der Waals surface area contributed by atoms with E-state index in [1.54, 1.807) is 24.4 Å². The maximum absolute atomic E-state index is 12.3. The first-order valence-corrected chi connectivity index (χ1v) is 8.98. The van der Waals surface area contributed by atoms with E-state index in [4.69, 9.17) is 16.3 Å². The fourth-order valence-electron chi connectivity index (χ4n) is 2.60. The van der Waals surface area contributed by atoms with Crippen molar-refractivity contribution in [1.82, 2.24) is 20.2 Å². The van der Waals surface area contributed by atoms with Gasteiger partial charge >= 0.3 is 0 Å². The number of benzene rings is 1. The monoisotopic (exact) mass is 375 g/mol. The fraction of sp³-hybridized carbons (Fsp3) is 0.389. The molecule has 138 valence electrons. The van der Waals surface area contributed by atoms with Crippen molar-refractivity contribution in [3.8, 4) is 0 Å². The lowest BCUT2D eigenvalue weighted by atomic mass is 10.2. The maximum Gasteiger partial charge on any atom is 0.270 e. The summed E-state index contributed by atoms with van der Waals surface area (Å²) >= 11 is 5.86. The molecule has 1 saturated heterocycles. The largest absolute Gasteiger partial charge is 0.379 e. The second-order valence-corrected chi connectivity index (χ2v) is 6.39. The number of nitrogens with one attached hydrogen (secondary N) is 2. The predicted molar refractivity (Wildman–Crippen MR) is 100 cm³/mol. The molecular weight excluding hydrogens is 354 g/mol. The predicted octanol–water partition coefficient (Wildman–Crippen LogP) is 1.80. The number of hydrogen-bond donors (Lipinski definition) is 2. The minimum atomic E-state index is -0.237. The summed E-state index contributed by atoms with van der Waals surface area (Å²) in [5, 5.41) is 6.69. The topological polar surface area (TPSA) is 79.4 Å². The van der Waals surface area contributed by atoms with Crippen molar-refractivity contribution in [1.29, 1.82) is 0 Å². The highest BCUT2D eigenvalue weighted by Gasteiger charge is 2.11. The Labute approximate surface area is 157 Å². The van der Waals surface area contributed by atoms with Gasteiger partial charge in [0.25, 0.3) is 5.91 Å². The van der Waals surface area contributed by atoms with Gasteiger partial charge in [-0.25, -0.2) is 9.97 Å². The molecule has 2 aromatic rings. The minimum absolute atomic E-state index is 0.237. The highest BCUT2D eigenvalue weighted by molar-refractivity contribution is 6.30. The number of halogens is 1. The molecule has 7 nitrogen and oxygen atoms in total. The molecule has 1 aliphatic rings. The number of carbonyl (C=O) groups excluding carboxylic acids is 1. The highest BCUT2D eigenvalue weighted by atomic mass is 35.5. The van der Waals surface area contributed by atoms with Gasteiger partial charge in [0.1, 0.15) is 5.69 Å². The molecule has 2 N–H and O–H groups in total. The minimum Gasteiger partial charge on any atom is -0.379 e. The number of rotatable bonds is 7. The number of ether oxygens (including phenoxy) is 1. The van der Waals surface area contributed by atoms with Crippen molar-refractivity contribution in [2.45, 2.75) is 6.54 Å². The Kier molecular flexibility index (Phi) is 6.76. The van der Waals surface area contributed by atoms with Gasteiger partial charge in [0, 0.05) is 43.9 Å². The van der Waals surface area contributed by atoms with Gasteiger partial charge in [-0.15, -0.1) is 0 Å². The van der Waals surface area contributed by atoms with Crippen LogP contribution in [0.3, 0.4) is 0 Å². The Bertz CT molecular complexity index is 720. The van der Waals surface area contributed by atoms with Crippen LogP contribution in [0.25, 0.3) is 0 Å². The summed E-state index contributed by atoms with van der Waals surface area (Å²) in [4.78, 5) is 23.1. The number of anilines is 1. The van der Waals surface area contributed by atoms with E-state index in [9.17, 15) is 4.79 Å². The van der Waals surface area contributed by atoms with Gasteiger partial charge in [-0.05, 0) is 23.8 Å². The third kappa shape index (κ3) is 5.66. The molecule has 1 aliphatic heterocycles. The van der Waals surface area contributed by atoms with E-state index in [0.717, 1.165) is 45.0 Å². The molecule has 2 heterocycles. The lowest BCUT2D eigenvalue weighted by Crippen LogP contribution is -2.39. The quantitative estimate of drug-likeness (QED) is 0.768. The second kappa shape index (κ2) is 9.47. The molecule has 1 amide bonds. The van der Waals surface area contributed by atoms with Crippen LogP contribution in [-0.2, 0) is 11.3 Å². The Morgan fingerprint density at radius 2 is 1.96 bits per heavy atom. The van der Waals surface area contributed by atoms with Crippen molar-refractivity contribution < 1.29 is 9.53 Å². The van der Waals surface area contributed by atoms with Crippen LogP contribution >= 0.6 is 11.6 Å². The molecule has 0 atom stereocenters. The Balaban J connectivity index is 1.47. The van der Waals surface area contributed by atoms with Crippen LogP contribution in [0.1, 0.15) is 16.1 Å². The van der Waals surface area contributed by atoms with Crippen LogP contribution in [0, 0.1) is 0 Å². The van der Waals surface area contributed by atoms with Crippen molar-refractivity contribution in [2.75, 3.05) is 44.7 Å². The van der Waals surface area contributed by atoms with Crippen LogP contribution in [0.5, 0.6) is 0 Å². The number of hydrogen-bond acceptors (Lipinski definition) is 6. The summed E-state index contributed by atoms with van der Waals surface area (Å²) in [7, 11) is 0. The number of carbonyl (C=O) groups is 1. The van der Waals surface area contributed by atoms with Crippen molar-refractivity contribution in [3.05, 3.63) is 52.8 Å². The Morgan fingerprint density at radius 1 is 1.19 bits per heavy atom. The molecule has 26 heavy (non-hydrogen) atoms. The van der Waals surface area contributed by atoms with E-state index >= 15 is 0 Å². The molecule has 0 unspecified atom stereocenters. The van der Waals surface area contributed by atoms with E-state index < -0.39 is 0 Å². The van der Waals surface area contributed by atoms with Gasteiger partial charge in [0.15, 0.2) is 0 Å². The Hall–Kier alpha value is -2.22. The molecule has 3 rings (SSSR count). The summed E-state index contributed by atoms with van der Waals surface area (Å²) in [6.45, 7) is 5.46. The van der Waals surface area contributed by atoms with Crippen molar-refractivity contribution in [3.63, 3.8) is 0 Å². The SMILES string of the molecule is O=C(NCc1ccc(Cl)cc1)c1ccnc(NCCN2CCOCC2)n1. The molecular formula is C18H22ClN5O2. The molecule has 0 radical (unpaired) electrons. The van der Waals surface area contributed by atoms with Gasteiger partial charge in [-0.1, -0.05) is 23.7 Å². The average Bonchev–Trinajstić information content (AvgIpc) is 2.68. The zero-order chi connectivity index (χ0) is 18.2. The lowest BCUT2D eigenvalue weighted by molar-refractivity contribution is 0.0398. The highest BCUT2D eigenvalue weighted by Crippen LogP contribution is 2.09. The van der Waals surface area contributed by atoms with Gasteiger partial charge in [0.2, 0.25) is 5.95 Å². The van der Waals surface area contributed by atoms with Crippen LogP contribution in [0.2, 0.25) is 5.02 Å². The van der Waals surface area contributed by atoms with Gasteiger partial charge in [-0.2, -0.15) is 0 Å². The smallest absolute Gasteiger partial charge is 0.270 e. The number of amides is 1. The first-order chi connectivity index (χ1) is 12.7. The summed E-state index contributed by atoms with van der Waals surface area (Å²) < 4.78 is 5.33. The maximum atomic E-state index is 12.3. The summed E-state index contributed by atoms with van der Waals surface area (Å²) in [6, 6.07) is 8.95. The van der Waals surface area contributed by atoms with Gasteiger partial charge < -0.3 is 15.4 Å². The third-order valence-electron chi connectivity index (χ3n) is 4.07. The average molecular weight is 376 g/mol. The fourth-order valence-corrected chi connectivity index (χ4v) is 2.72. The zero-order valence-electron chi connectivity index (χ0n) is 14.4. The molecule has 1 aromatic carbocycles. The van der Waals surface area contributed by atoms with Gasteiger partial charge in [-0.3, -0.25) is 9.69 Å². The normalized spacial score (nSPS) is 14.8. The van der Waals surface area contributed by atoms with E-state index in [2.05, 4.69) is 25.5 Å². The molecule has 1 fully saturated rings. The first-order valence-electron chi connectivity index (χ1n) is 8.60. The van der Waals surface area contributed by atoms with Crippen LogP contribution < -0.4 is 10.6 Å². The van der Waals surface area contributed by atoms with Crippen molar-refractivity contribution >= 4 is 23.5 Å².